The molecule has 0 spiro atoms. The van der Waals surface area contributed by atoms with E-state index in [4.69, 9.17) is 4.74 Å². The second-order valence-electron chi connectivity index (χ2n) is 9.00. The molecule has 1 aliphatic carbocycles. The summed E-state index contributed by atoms with van der Waals surface area (Å²) in [5, 5.41) is 9.21. The maximum Gasteiger partial charge on any atom is 0.412 e. The van der Waals surface area contributed by atoms with Crippen LogP contribution in [-0.2, 0) is 21.0 Å². The first kappa shape index (κ1) is 27.5. The number of rotatable bonds is 8. The van der Waals surface area contributed by atoms with Crippen LogP contribution in [0.4, 0.5) is 10.5 Å². The Morgan fingerprint density at radius 3 is 2.26 bits per heavy atom. The lowest BCUT2D eigenvalue weighted by Crippen LogP contribution is -2.42. The van der Waals surface area contributed by atoms with Crippen LogP contribution >= 0.6 is 24.0 Å². The van der Waals surface area contributed by atoms with Crippen LogP contribution in [0.1, 0.15) is 39.2 Å². The third kappa shape index (κ3) is 11.0. The normalized spacial score (nSPS) is 15.5. The van der Waals surface area contributed by atoms with Gasteiger partial charge in [0.05, 0.1) is 5.75 Å². The van der Waals surface area contributed by atoms with Crippen molar-refractivity contribution in [2.45, 2.75) is 45.6 Å². The van der Waals surface area contributed by atoms with Gasteiger partial charge in [0, 0.05) is 37.5 Å². The van der Waals surface area contributed by atoms with Crippen LogP contribution in [0.5, 0.6) is 0 Å². The van der Waals surface area contributed by atoms with Gasteiger partial charge < -0.3 is 15.4 Å². The lowest BCUT2D eigenvalue weighted by molar-refractivity contribution is 0.0636. The molecule has 1 fully saturated rings. The summed E-state index contributed by atoms with van der Waals surface area (Å²) in [7, 11) is -1.28. The van der Waals surface area contributed by atoms with E-state index < -0.39 is 21.5 Å². The maximum atomic E-state index is 11.8. The van der Waals surface area contributed by atoms with E-state index in [-0.39, 0.29) is 35.1 Å². The number of nitrogens with zero attached hydrogens (tertiary/aromatic N) is 1. The highest BCUT2D eigenvalue weighted by atomic mass is 127. The number of carbonyl (C=O) groups is 1. The molecule has 0 atom stereocenters. The average Bonchev–Trinajstić information content (AvgIpc) is 3.35. The molecule has 0 aromatic heterocycles. The van der Waals surface area contributed by atoms with Gasteiger partial charge in [0.1, 0.15) is 15.4 Å². The number of hydrogen-bond donors (Lipinski definition) is 3. The maximum absolute atomic E-state index is 11.8. The van der Waals surface area contributed by atoms with Gasteiger partial charge in [0.15, 0.2) is 5.96 Å². The molecule has 176 valence electrons. The smallest absolute Gasteiger partial charge is 0.412 e. The first-order valence-corrected chi connectivity index (χ1v) is 12.2. The van der Waals surface area contributed by atoms with Crippen LogP contribution in [0.15, 0.2) is 29.3 Å². The lowest BCUT2D eigenvalue weighted by Gasteiger charge is -2.19. The fourth-order valence-electron chi connectivity index (χ4n) is 3.10. The molecule has 0 heterocycles. The summed E-state index contributed by atoms with van der Waals surface area (Å²) >= 11 is 0. The fourth-order valence-corrected chi connectivity index (χ4v) is 4.60. The van der Waals surface area contributed by atoms with E-state index in [1.807, 2.05) is 45.0 Å². The molecule has 1 aliphatic rings. The molecule has 0 radical (unpaired) electrons. The zero-order valence-electron chi connectivity index (χ0n) is 18.9. The Bertz CT molecular complexity index is 860. The van der Waals surface area contributed by atoms with Gasteiger partial charge in [-0.25, -0.2) is 13.2 Å². The molecule has 3 N–H and O–H groups in total. The Hall–Kier alpha value is -1.56. The summed E-state index contributed by atoms with van der Waals surface area (Å²) in [5.41, 5.74) is 1.11. The van der Waals surface area contributed by atoms with Gasteiger partial charge in [-0.05, 0) is 57.7 Å². The Morgan fingerprint density at radius 2 is 1.77 bits per heavy atom. The second kappa shape index (κ2) is 11.3. The number of hydrogen-bond acceptors (Lipinski definition) is 5. The van der Waals surface area contributed by atoms with Crippen molar-refractivity contribution in [2.75, 3.05) is 37.5 Å². The van der Waals surface area contributed by atoms with Gasteiger partial charge in [-0.3, -0.25) is 10.3 Å². The number of halogens is 1. The summed E-state index contributed by atoms with van der Waals surface area (Å²) in [4.78, 5) is 16.0. The fraction of sp³-hybridized carbons (Fsp3) is 0.619. The Morgan fingerprint density at radius 1 is 1.16 bits per heavy atom. The number of sulfone groups is 1. The van der Waals surface area contributed by atoms with Crippen LogP contribution < -0.4 is 16.0 Å². The summed E-state index contributed by atoms with van der Waals surface area (Å²) in [6.45, 7) is 6.74. The molecule has 31 heavy (non-hydrogen) atoms. The quantitative estimate of drug-likeness (QED) is 0.254. The number of anilines is 1. The molecule has 1 amide bonds. The van der Waals surface area contributed by atoms with Crippen molar-refractivity contribution in [1.29, 1.82) is 0 Å². The van der Waals surface area contributed by atoms with Crippen LogP contribution in [0.3, 0.4) is 0 Å². The topological polar surface area (TPSA) is 109 Å². The van der Waals surface area contributed by atoms with E-state index in [9.17, 15) is 13.2 Å². The largest absolute Gasteiger partial charge is 0.444 e. The van der Waals surface area contributed by atoms with Crippen LogP contribution in [-0.4, -0.2) is 58.2 Å². The average molecular weight is 567 g/mol. The number of carbonyl (C=O) groups excluding carboxylic acids is 1. The van der Waals surface area contributed by atoms with Crippen molar-refractivity contribution in [3.8, 4) is 0 Å². The van der Waals surface area contributed by atoms with E-state index in [1.54, 1.807) is 7.05 Å². The first-order chi connectivity index (χ1) is 13.9. The molecule has 0 saturated heterocycles. The number of amides is 1. The molecule has 10 heteroatoms. The minimum atomic E-state index is -2.98. The van der Waals surface area contributed by atoms with Crippen molar-refractivity contribution >= 4 is 51.6 Å². The molecule has 0 aliphatic heterocycles. The van der Waals surface area contributed by atoms with Gasteiger partial charge in [-0.2, -0.15) is 0 Å². The van der Waals surface area contributed by atoms with Gasteiger partial charge in [0.2, 0.25) is 0 Å². The van der Waals surface area contributed by atoms with Crippen molar-refractivity contribution in [3.63, 3.8) is 0 Å². The third-order valence-corrected chi connectivity index (χ3v) is 5.82. The summed E-state index contributed by atoms with van der Waals surface area (Å²) in [6.07, 6.45) is 3.44. The molecule has 2 rings (SSSR count). The molecule has 1 saturated carbocycles. The lowest BCUT2D eigenvalue weighted by atomic mass is 10.1. The highest BCUT2D eigenvalue weighted by Gasteiger charge is 2.45. The monoisotopic (exact) mass is 566 g/mol. The molecular formula is C21H35IN4O4S. The molecule has 1 aromatic carbocycles. The Labute approximate surface area is 202 Å². The minimum absolute atomic E-state index is 0. The van der Waals surface area contributed by atoms with Crippen molar-refractivity contribution < 1.29 is 17.9 Å². The predicted octanol–water partition coefficient (Wildman–Crippen LogP) is 3.18. The molecule has 8 nitrogen and oxygen atoms in total. The second-order valence-corrected chi connectivity index (χ2v) is 11.1. The van der Waals surface area contributed by atoms with Crippen molar-refractivity contribution in [1.82, 2.24) is 10.6 Å². The number of benzene rings is 1. The number of guanidine groups is 1. The highest BCUT2D eigenvalue weighted by molar-refractivity contribution is 14.0. The van der Waals surface area contributed by atoms with Gasteiger partial charge in [0.25, 0.3) is 0 Å². The number of ether oxygens (including phenoxy) is 1. The van der Waals surface area contributed by atoms with E-state index in [1.165, 1.54) is 6.26 Å². The van der Waals surface area contributed by atoms with Gasteiger partial charge in [-0.1, -0.05) is 12.1 Å². The first-order valence-electron chi connectivity index (χ1n) is 10.1. The summed E-state index contributed by atoms with van der Waals surface area (Å²) in [6, 6.07) is 7.59. The van der Waals surface area contributed by atoms with Crippen LogP contribution in [0.2, 0.25) is 0 Å². The molecule has 0 unspecified atom stereocenters. The van der Waals surface area contributed by atoms with Gasteiger partial charge >= 0.3 is 6.09 Å². The van der Waals surface area contributed by atoms with E-state index in [0.717, 1.165) is 24.8 Å². The van der Waals surface area contributed by atoms with Crippen LogP contribution in [0.25, 0.3) is 0 Å². The molecule has 0 bridgehead atoms. The Balaban J connectivity index is 0.00000480. The predicted molar refractivity (Wildman–Crippen MR) is 136 cm³/mol. The third-order valence-electron chi connectivity index (χ3n) is 4.69. The summed E-state index contributed by atoms with van der Waals surface area (Å²) in [5.74, 6) is 0.881. The van der Waals surface area contributed by atoms with Crippen molar-refractivity contribution in [2.24, 2.45) is 10.4 Å². The van der Waals surface area contributed by atoms with Crippen LogP contribution in [0, 0.1) is 5.41 Å². The standard InChI is InChI=1S/C21H34N4O4S.HI/c1-20(2,3)29-19(26)25-17-8-6-16(7-9-17)10-13-23-18(22-4)24-14-21(11-12-21)15-30(5,27)28;/h6-9H,10-15H2,1-5H3,(H,25,26)(H2,22,23,24);1H. The number of nitrogens with one attached hydrogen (secondary N) is 3. The highest BCUT2D eigenvalue weighted by Crippen LogP contribution is 2.45. The van der Waals surface area contributed by atoms with E-state index in [2.05, 4.69) is 20.9 Å². The van der Waals surface area contributed by atoms with E-state index >= 15 is 0 Å². The molecular weight excluding hydrogens is 531 g/mol. The molecule has 1 aromatic rings. The zero-order chi connectivity index (χ0) is 22.4. The Kier molecular flexibility index (Phi) is 10.1. The SMILES string of the molecule is CN=C(NCCc1ccc(NC(=O)OC(C)(C)C)cc1)NCC1(CS(C)(=O)=O)CC1.I. The van der Waals surface area contributed by atoms with Crippen molar-refractivity contribution in [3.05, 3.63) is 29.8 Å². The van der Waals surface area contributed by atoms with Gasteiger partial charge in [-0.15, -0.1) is 24.0 Å². The van der Waals surface area contributed by atoms with E-state index in [0.29, 0.717) is 24.7 Å². The minimum Gasteiger partial charge on any atom is -0.444 e. The zero-order valence-corrected chi connectivity index (χ0v) is 22.1. The summed E-state index contributed by atoms with van der Waals surface area (Å²) < 4.78 is 28.4. The number of aliphatic imine (C=N–C) groups is 1.